The van der Waals surface area contributed by atoms with Crippen LogP contribution in [0.25, 0.3) is 0 Å². The molecule has 0 saturated carbocycles. The molecule has 1 fully saturated rings. The van der Waals surface area contributed by atoms with Crippen LogP contribution in [0.15, 0.2) is 59.6 Å². The molecule has 1 saturated heterocycles. The first-order valence-electron chi connectivity index (χ1n) is 6.97. The van der Waals surface area contributed by atoms with Gasteiger partial charge in [0.25, 0.3) is 0 Å². The van der Waals surface area contributed by atoms with Gasteiger partial charge in [0, 0.05) is 0 Å². The van der Waals surface area contributed by atoms with E-state index in [0.29, 0.717) is 0 Å². The highest BCUT2D eigenvalue weighted by atomic mass is 16.5. The summed E-state index contributed by atoms with van der Waals surface area (Å²) in [5, 5.41) is 3.46. The number of aliphatic imine (C=N–C) groups is 1. The number of nitrogens with zero attached hydrogens (tertiary/aromatic N) is 1. The number of hydrogen-bond donors (Lipinski definition) is 1. The molecular weight excluding hydrogens is 264 g/mol. The van der Waals surface area contributed by atoms with E-state index in [1.165, 1.54) is 0 Å². The highest BCUT2D eigenvalue weighted by Gasteiger charge is 2.42. The van der Waals surface area contributed by atoms with E-state index in [0.717, 1.165) is 22.6 Å². The van der Waals surface area contributed by atoms with Gasteiger partial charge in [0.05, 0.1) is 23.1 Å². The molecule has 104 valence electrons. The Morgan fingerprint density at radius 2 is 1.81 bits per heavy atom. The van der Waals surface area contributed by atoms with E-state index in [4.69, 9.17) is 4.74 Å². The predicted molar refractivity (Wildman–Crippen MR) is 80.8 cm³/mol. The molecule has 2 heterocycles. The molecule has 2 aliphatic heterocycles. The Labute approximate surface area is 122 Å². The minimum atomic E-state index is -0.361. The second-order valence-electron chi connectivity index (χ2n) is 5.24. The topological polar surface area (TPSA) is 50.7 Å². The van der Waals surface area contributed by atoms with Gasteiger partial charge in [0.15, 0.2) is 0 Å². The summed E-state index contributed by atoms with van der Waals surface area (Å²) in [6, 6.07) is 17.7. The molecule has 0 bridgehead atoms. The summed E-state index contributed by atoms with van der Waals surface area (Å²) in [6.45, 7) is 0.281. The lowest BCUT2D eigenvalue weighted by Gasteiger charge is -2.22. The molecule has 0 amide bonds. The Balaban J connectivity index is 1.87. The zero-order chi connectivity index (χ0) is 14.2. The monoisotopic (exact) mass is 278 g/mol. The number of anilines is 1. The molecule has 4 heteroatoms. The maximum atomic E-state index is 12.2. The number of benzene rings is 2. The minimum Gasteiger partial charge on any atom is -0.459 e. The summed E-state index contributed by atoms with van der Waals surface area (Å²) >= 11 is 0. The van der Waals surface area contributed by atoms with Crippen molar-refractivity contribution in [2.24, 2.45) is 10.9 Å². The van der Waals surface area contributed by atoms with Crippen LogP contribution in [0.3, 0.4) is 0 Å². The number of fused-ring (bicyclic) bond motifs is 2. The summed E-state index contributed by atoms with van der Waals surface area (Å²) in [6.07, 6.45) is 0. The molecule has 4 nitrogen and oxygen atoms in total. The highest BCUT2D eigenvalue weighted by Crippen LogP contribution is 2.39. The minimum absolute atomic E-state index is 0.149. The van der Waals surface area contributed by atoms with Crippen LogP contribution in [-0.4, -0.2) is 18.3 Å². The average Bonchev–Trinajstić information content (AvgIpc) is 2.80. The number of rotatable bonds is 1. The molecule has 2 aromatic rings. The van der Waals surface area contributed by atoms with Crippen molar-refractivity contribution in [3.8, 4) is 0 Å². The molecule has 2 atom stereocenters. The summed E-state index contributed by atoms with van der Waals surface area (Å²) in [5.74, 6) is -0.567. The maximum Gasteiger partial charge on any atom is 0.317 e. The Kier molecular flexibility index (Phi) is 2.74. The van der Waals surface area contributed by atoms with Crippen molar-refractivity contribution < 1.29 is 9.53 Å². The van der Waals surface area contributed by atoms with Crippen molar-refractivity contribution in [2.75, 3.05) is 11.9 Å². The van der Waals surface area contributed by atoms with Gasteiger partial charge in [-0.25, -0.2) is 0 Å². The van der Waals surface area contributed by atoms with Crippen LogP contribution in [0.4, 0.5) is 11.4 Å². The van der Waals surface area contributed by atoms with Crippen molar-refractivity contribution >= 4 is 23.1 Å². The van der Waals surface area contributed by atoms with Gasteiger partial charge in [-0.15, -0.1) is 0 Å². The van der Waals surface area contributed by atoms with E-state index in [1.54, 1.807) is 0 Å². The van der Waals surface area contributed by atoms with Crippen molar-refractivity contribution in [2.45, 2.75) is 6.04 Å². The number of nitrogens with one attached hydrogen (secondary N) is 1. The smallest absolute Gasteiger partial charge is 0.317 e. The first-order valence-corrected chi connectivity index (χ1v) is 6.97. The van der Waals surface area contributed by atoms with Gasteiger partial charge in [-0.1, -0.05) is 42.5 Å². The molecule has 0 spiro atoms. The number of para-hydroxylation sites is 2. The second-order valence-corrected chi connectivity index (χ2v) is 5.24. The quantitative estimate of drug-likeness (QED) is 0.815. The zero-order valence-electron chi connectivity index (χ0n) is 11.3. The number of ether oxygens (including phenoxy) is 1. The largest absolute Gasteiger partial charge is 0.459 e. The third-order valence-corrected chi connectivity index (χ3v) is 3.95. The van der Waals surface area contributed by atoms with Gasteiger partial charge in [-0.05, 0) is 17.7 Å². The average molecular weight is 278 g/mol. The van der Waals surface area contributed by atoms with Crippen LogP contribution in [0, 0.1) is 5.92 Å². The van der Waals surface area contributed by atoms with Gasteiger partial charge < -0.3 is 10.1 Å². The van der Waals surface area contributed by atoms with Crippen molar-refractivity contribution in [1.82, 2.24) is 0 Å². The predicted octanol–water partition coefficient (Wildman–Crippen LogP) is 3.10. The lowest BCUT2D eigenvalue weighted by Crippen LogP contribution is -2.28. The molecule has 0 radical (unpaired) electrons. The number of esters is 1. The van der Waals surface area contributed by atoms with E-state index in [2.05, 4.69) is 10.3 Å². The summed E-state index contributed by atoms with van der Waals surface area (Å²) in [4.78, 5) is 16.8. The Hall–Kier alpha value is -2.62. The van der Waals surface area contributed by atoms with Crippen LogP contribution in [0.5, 0.6) is 0 Å². The highest BCUT2D eigenvalue weighted by molar-refractivity contribution is 6.10. The molecule has 0 aliphatic carbocycles. The molecule has 4 rings (SSSR count). The summed E-state index contributed by atoms with van der Waals surface area (Å²) < 4.78 is 5.21. The maximum absolute atomic E-state index is 12.2. The van der Waals surface area contributed by atoms with E-state index in [-0.39, 0.29) is 24.5 Å². The number of carbonyl (C=O) groups excluding carboxylic acids is 1. The third kappa shape index (κ3) is 2.00. The van der Waals surface area contributed by atoms with Crippen LogP contribution in [-0.2, 0) is 9.53 Å². The van der Waals surface area contributed by atoms with Gasteiger partial charge in [0.1, 0.15) is 12.5 Å². The lowest BCUT2D eigenvalue weighted by atomic mass is 9.90. The Morgan fingerprint density at radius 3 is 2.67 bits per heavy atom. The molecule has 0 aromatic heterocycles. The fourth-order valence-electron chi connectivity index (χ4n) is 2.93. The SMILES string of the molecule is O=C1OCC2=Nc3ccccc3NC(c3ccccc3)C12. The Bertz CT molecular complexity index is 725. The molecule has 2 unspecified atom stereocenters. The molecular formula is C17H14N2O2. The molecule has 1 N–H and O–H groups in total. The summed E-state index contributed by atoms with van der Waals surface area (Å²) in [7, 11) is 0. The van der Waals surface area contributed by atoms with Crippen LogP contribution >= 0.6 is 0 Å². The van der Waals surface area contributed by atoms with Crippen molar-refractivity contribution in [1.29, 1.82) is 0 Å². The number of cyclic esters (lactones) is 1. The van der Waals surface area contributed by atoms with Gasteiger partial charge in [-0.2, -0.15) is 0 Å². The standard InChI is InChI=1S/C17H14N2O2/c20-17-15-14(10-21-17)18-12-8-4-5-9-13(12)19-16(15)11-6-2-1-3-7-11/h1-9,15-16,19H,10H2. The van der Waals surface area contributed by atoms with Crippen molar-refractivity contribution in [3.63, 3.8) is 0 Å². The molecule has 21 heavy (non-hydrogen) atoms. The van der Waals surface area contributed by atoms with E-state index in [1.807, 2.05) is 54.6 Å². The second kappa shape index (κ2) is 4.74. The van der Waals surface area contributed by atoms with Gasteiger partial charge >= 0.3 is 5.97 Å². The fourth-order valence-corrected chi connectivity index (χ4v) is 2.93. The van der Waals surface area contributed by atoms with Crippen molar-refractivity contribution in [3.05, 3.63) is 60.2 Å². The van der Waals surface area contributed by atoms with E-state index < -0.39 is 0 Å². The number of carbonyl (C=O) groups is 1. The number of hydrogen-bond acceptors (Lipinski definition) is 4. The van der Waals surface area contributed by atoms with E-state index >= 15 is 0 Å². The van der Waals surface area contributed by atoms with Gasteiger partial charge in [-0.3, -0.25) is 9.79 Å². The van der Waals surface area contributed by atoms with E-state index in [9.17, 15) is 4.79 Å². The van der Waals surface area contributed by atoms with Crippen LogP contribution in [0.2, 0.25) is 0 Å². The van der Waals surface area contributed by atoms with Gasteiger partial charge in [0.2, 0.25) is 0 Å². The lowest BCUT2D eigenvalue weighted by molar-refractivity contribution is -0.141. The molecule has 2 aliphatic rings. The van der Waals surface area contributed by atoms with Crippen LogP contribution < -0.4 is 5.32 Å². The fraction of sp³-hybridized carbons (Fsp3) is 0.176. The third-order valence-electron chi connectivity index (χ3n) is 3.95. The Morgan fingerprint density at radius 1 is 1.05 bits per heavy atom. The summed E-state index contributed by atoms with van der Waals surface area (Å²) in [5.41, 5.74) is 3.66. The normalized spacial score (nSPS) is 23.2. The molecule has 2 aromatic carbocycles. The van der Waals surface area contributed by atoms with Crippen LogP contribution in [0.1, 0.15) is 11.6 Å². The first-order chi connectivity index (χ1) is 10.3. The first kappa shape index (κ1) is 12.1. The zero-order valence-corrected chi connectivity index (χ0v) is 11.3.